The minimum atomic E-state index is -0.759. The molecule has 1 rings (SSSR count). The summed E-state index contributed by atoms with van der Waals surface area (Å²) < 4.78 is 0.192. The molecular formula is C7H8INO2. The molecule has 3 nitrogen and oxygen atoms in total. The van der Waals surface area contributed by atoms with E-state index in [0.29, 0.717) is 0 Å². The molecule has 11 heavy (non-hydrogen) atoms. The molecule has 0 atom stereocenters. The number of aromatic nitrogens is 1. The lowest BCUT2D eigenvalue weighted by atomic mass is 10.5. The highest BCUT2D eigenvalue weighted by Gasteiger charge is 1.82. The molecule has 1 N–H and O–H groups in total. The van der Waals surface area contributed by atoms with Crippen molar-refractivity contribution in [2.24, 2.45) is 0 Å². The summed E-state index contributed by atoms with van der Waals surface area (Å²) in [6.45, 7) is 0. The van der Waals surface area contributed by atoms with Gasteiger partial charge in [-0.15, -0.1) is 0 Å². The SMILES string of the molecule is O=C(O)CI.c1ccncc1. The third-order valence-corrected chi connectivity index (χ3v) is 1.33. The van der Waals surface area contributed by atoms with Gasteiger partial charge < -0.3 is 5.11 Å². The lowest BCUT2D eigenvalue weighted by molar-refractivity contribution is -0.133. The van der Waals surface area contributed by atoms with E-state index in [4.69, 9.17) is 5.11 Å². The van der Waals surface area contributed by atoms with Gasteiger partial charge in [0.2, 0.25) is 0 Å². The third kappa shape index (κ3) is 9.35. The summed E-state index contributed by atoms with van der Waals surface area (Å²) in [7, 11) is 0. The van der Waals surface area contributed by atoms with E-state index in [-0.39, 0.29) is 4.43 Å². The molecule has 1 aromatic rings. The van der Waals surface area contributed by atoms with Crippen molar-refractivity contribution >= 4 is 28.6 Å². The predicted molar refractivity (Wildman–Crippen MR) is 50.8 cm³/mol. The minimum absolute atomic E-state index is 0.192. The van der Waals surface area contributed by atoms with Crippen LogP contribution in [0.1, 0.15) is 0 Å². The Bertz CT molecular complexity index is 164. The Morgan fingerprint density at radius 1 is 1.36 bits per heavy atom. The van der Waals surface area contributed by atoms with Gasteiger partial charge in [0.15, 0.2) is 0 Å². The number of aliphatic carboxylic acids is 1. The standard InChI is InChI=1S/C5H5N.C2H3IO2/c1-2-4-6-5-3-1;3-1-2(4)5/h1-5H;1H2,(H,4,5). The number of nitrogens with zero attached hydrogens (tertiary/aromatic N) is 1. The number of halogens is 1. The van der Waals surface area contributed by atoms with Gasteiger partial charge in [0.05, 0.1) is 4.43 Å². The van der Waals surface area contributed by atoms with Crippen LogP contribution < -0.4 is 0 Å². The van der Waals surface area contributed by atoms with Crippen molar-refractivity contribution in [2.75, 3.05) is 4.43 Å². The molecule has 0 aliphatic heterocycles. The van der Waals surface area contributed by atoms with Crippen molar-refractivity contribution in [1.29, 1.82) is 0 Å². The number of carbonyl (C=O) groups is 1. The molecule has 0 amide bonds. The topological polar surface area (TPSA) is 50.2 Å². The maximum atomic E-state index is 9.36. The highest BCUT2D eigenvalue weighted by Crippen LogP contribution is 1.75. The molecule has 1 heterocycles. The molecule has 0 aliphatic carbocycles. The monoisotopic (exact) mass is 265 g/mol. The van der Waals surface area contributed by atoms with E-state index < -0.39 is 5.97 Å². The summed E-state index contributed by atoms with van der Waals surface area (Å²) in [6.07, 6.45) is 3.50. The van der Waals surface area contributed by atoms with Crippen LogP contribution in [0.5, 0.6) is 0 Å². The summed E-state index contributed by atoms with van der Waals surface area (Å²) in [5.74, 6) is -0.759. The van der Waals surface area contributed by atoms with Gasteiger partial charge in [0.1, 0.15) is 0 Å². The van der Waals surface area contributed by atoms with Crippen LogP contribution in [0.3, 0.4) is 0 Å². The number of pyridine rings is 1. The fourth-order valence-electron chi connectivity index (χ4n) is 0.313. The Morgan fingerprint density at radius 2 is 1.82 bits per heavy atom. The van der Waals surface area contributed by atoms with Crippen molar-refractivity contribution in [3.8, 4) is 0 Å². The average Bonchev–Trinajstić information content (AvgIpc) is 2.09. The molecule has 0 bridgehead atoms. The van der Waals surface area contributed by atoms with Crippen molar-refractivity contribution in [3.05, 3.63) is 30.6 Å². The molecule has 60 valence electrons. The summed E-state index contributed by atoms with van der Waals surface area (Å²) in [4.78, 5) is 13.1. The van der Waals surface area contributed by atoms with Gasteiger partial charge in [0.25, 0.3) is 0 Å². The first-order chi connectivity index (χ1) is 5.27. The van der Waals surface area contributed by atoms with Crippen LogP contribution in [0.2, 0.25) is 0 Å². The molecule has 4 heteroatoms. The van der Waals surface area contributed by atoms with Gasteiger partial charge in [-0.2, -0.15) is 0 Å². The molecule has 0 aliphatic rings. The van der Waals surface area contributed by atoms with E-state index >= 15 is 0 Å². The minimum Gasteiger partial charge on any atom is -0.481 e. The predicted octanol–water partition coefficient (Wildman–Crippen LogP) is 1.59. The number of rotatable bonds is 1. The Kier molecular flexibility index (Phi) is 7.02. The lowest BCUT2D eigenvalue weighted by Crippen LogP contribution is -1.91. The van der Waals surface area contributed by atoms with Gasteiger partial charge in [-0.05, 0) is 12.1 Å². The molecular weight excluding hydrogens is 257 g/mol. The van der Waals surface area contributed by atoms with E-state index in [9.17, 15) is 4.79 Å². The van der Waals surface area contributed by atoms with Crippen molar-refractivity contribution in [1.82, 2.24) is 4.98 Å². The highest BCUT2D eigenvalue weighted by atomic mass is 127. The molecule has 0 spiro atoms. The van der Waals surface area contributed by atoms with Crippen LogP contribution in [0, 0.1) is 0 Å². The van der Waals surface area contributed by atoms with Crippen LogP contribution in [0.4, 0.5) is 0 Å². The van der Waals surface area contributed by atoms with E-state index in [1.165, 1.54) is 0 Å². The number of carboxylic acid groups (broad SMARTS) is 1. The number of hydrogen-bond acceptors (Lipinski definition) is 2. The van der Waals surface area contributed by atoms with Gasteiger partial charge in [-0.25, -0.2) is 0 Å². The van der Waals surface area contributed by atoms with Gasteiger partial charge >= 0.3 is 5.97 Å². The van der Waals surface area contributed by atoms with Crippen LogP contribution in [-0.4, -0.2) is 20.5 Å². The lowest BCUT2D eigenvalue weighted by Gasteiger charge is -1.70. The third-order valence-electron chi connectivity index (χ3n) is 0.681. The fraction of sp³-hybridized carbons (Fsp3) is 0.143. The van der Waals surface area contributed by atoms with Gasteiger partial charge in [-0.3, -0.25) is 9.78 Å². The van der Waals surface area contributed by atoms with Crippen molar-refractivity contribution in [2.45, 2.75) is 0 Å². The molecule has 0 saturated carbocycles. The first-order valence-electron chi connectivity index (χ1n) is 2.90. The number of hydrogen-bond donors (Lipinski definition) is 1. The number of carboxylic acids is 1. The molecule has 0 unspecified atom stereocenters. The van der Waals surface area contributed by atoms with Crippen molar-refractivity contribution in [3.63, 3.8) is 0 Å². The first-order valence-corrected chi connectivity index (χ1v) is 4.42. The molecule has 0 fully saturated rings. The Morgan fingerprint density at radius 3 is 1.91 bits per heavy atom. The summed E-state index contributed by atoms with van der Waals surface area (Å²) in [5, 5.41) is 7.71. The summed E-state index contributed by atoms with van der Waals surface area (Å²) >= 11 is 1.78. The van der Waals surface area contributed by atoms with Crippen molar-refractivity contribution < 1.29 is 9.90 Å². The van der Waals surface area contributed by atoms with E-state index in [0.717, 1.165) is 0 Å². The molecule has 0 saturated heterocycles. The van der Waals surface area contributed by atoms with Crippen LogP contribution >= 0.6 is 22.6 Å². The van der Waals surface area contributed by atoms with E-state index in [1.807, 2.05) is 18.2 Å². The van der Waals surface area contributed by atoms with E-state index in [1.54, 1.807) is 35.0 Å². The van der Waals surface area contributed by atoms with Crippen LogP contribution in [0.25, 0.3) is 0 Å². The first kappa shape index (κ1) is 10.3. The van der Waals surface area contributed by atoms with E-state index in [2.05, 4.69) is 4.98 Å². The van der Waals surface area contributed by atoms with Gasteiger partial charge in [-0.1, -0.05) is 28.7 Å². The second kappa shape index (κ2) is 7.46. The highest BCUT2D eigenvalue weighted by molar-refractivity contribution is 14.1. The Balaban J connectivity index is 0.000000187. The summed E-state index contributed by atoms with van der Waals surface area (Å²) in [5.41, 5.74) is 0. The second-order valence-corrected chi connectivity index (χ2v) is 2.31. The molecule has 0 aromatic carbocycles. The number of alkyl halides is 1. The Labute approximate surface area is 78.6 Å². The Hall–Kier alpha value is -0.650. The maximum absolute atomic E-state index is 9.36. The quantitative estimate of drug-likeness (QED) is 0.619. The molecule has 0 radical (unpaired) electrons. The maximum Gasteiger partial charge on any atom is 0.313 e. The average molecular weight is 265 g/mol. The zero-order valence-electron chi connectivity index (χ0n) is 5.77. The zero-order chi connectivity index (χ0) is 8.53. The fourth-order valence-corrected chi connectivity index (χ4v) is 0.313. The molecule has 1 aromatic heterocycles. The smallest absolute Gasteiger partial charge is 0.313 e. The second-order valence-electron chi connectivity index (χ2n) is 1.55. The zero-order valence-corrected chi connectivity index (χ0v) is 7.93. The summed E-state index contributed by atoms with van der Waals surface area (Å²) in [6, 6.07) is 5.72. The van der Waals surface area contributed by atoms with Crippen LogP contribution in [-0.2, 0) is 4.79 Å². The van der Waals surface area contributed by atoms with Gasteiger partial charge in [0, 0.05) is 12.4 Å². The largest absolute Gasteiger partial charge is 0.481 e. The normalized spacial score (nSPS) is 7.73. The van der Waals surface area contributed by atoms with Crippen LogP contribution in [0.15, 0.2) is 30.6 Å².